The van der Waals surface area contributed by atoms with Gasteiger partial charge in [-0.05, 0) is 72.7 Å². The van der Waals surface area contributed by atoms with Crippen molar-refractivity contribution in [2.24, 2.45) is 0 Å². The number of rotatable bonds is 4. The van der Waals surface area contributed by atoms with Crippen LogP contribution in [0.3, 0.4) is 0 Å². The molecular formula is C26H33NO3. The molecule has 1 aliphatic rings. The van der Waals surface area contributed by atoms with Crippen molar-refractivity contribution in [3.63, 3.8) is 0 Å². The average molecular weight is 408 g/mol. The molecule has 0 saturated carbocycles. The number of carbonyl (C=O) groups is 2. The normalized spacial score (nSPS) is 13.8. The van der Waals surface area contributed by atoms with Gasteiger partial charge >= 0.3 is 5.97 Å². The monoisotopic (exact) mass is 407 g/mol. The molecule has 0 aliphatic heterocycles. The highest BCUT2D eigenvalue weighted by Crippen LogP contribution is 2.31. The Morgan fingerprint density at radius 1 is 0.933 bits per heavy atom. The lowest BCUT2D eigenvalue weighted by Gasteiger charge is -2.19. The minimum atomic E-state index is -0.988. The van der Waals surface area contributed by atoms with Gasteiger partial charge < -0.3 is 10.4 Å². The molecule has 2 N–H and O–H groups in total. The summed E-state index contributed by atoms with van der Waals surface area (Å²) in [6.07, 6.45) is 6.88. The molecule has 0 heterocycles. The van der Waals surface area contributed by atoms with E-state index in [1.807, 2.05) is 40.7 Å². The van der Waals surface area contributed by atoms with Crippen LogP contribution in [0, 0.1) is 0 Å². The van der Waals surface area contributed by atoms with Gasteiger partial charge in [-0.15, -0.1) is 0 Å². The smallest absolute Gasteiger partial charge is 0.335 e. The lowest BCUT2D eigenvalue weighted by Crippen LogP contribution is -2.09. The Balaban J connectivity index is 0.00000106. The van der Waals surface area contributed by atoms with E-state index in [2.05, 4.69) is 29.6 Å². The molecule has 160 valence electrons. The highest BCUT2D eigenvalue weighted by Gasteiger charge is 2.13. The average Bonchev–Trinajstić information content (AvgIpc) is 2.77. The van der Waals surface area contributed by atoms with Crippen molar-refractivity contribution in [3.05, 3.63) is 82.9 Å². The number of hydrogen-bond donors (Lipinski definition) is 2. The van der Waals surface area contributed by atoms with Crippen molar-refractivity contribution in [1.82, 2.24) is 0 Å². The molecule has 0 spiro atoms. The van der Waals surface area contributed by atoms with Gasteiger partial charge in [0.25, 0.3) is 0 Å². The number of amides is 1. The highest BCUT2D eigenvalue weighted by atomic mass is 16.4. The first kappa shape index (κ1) is 24.9. The van der Waals surface area contributed by atoms with Gasteiger partial charge in [0.2, 0.25) is 5.91 Å². The van der Waals surface area contributed by atoms with E-state index in [1.165, 1.54) is 28.8 Å². The van der Waals surface area contributed by atoms with Crippen molar-refractivity contribution in [3.8, 4) is 0 Å². The van der Waals surface area contributed by atoms with Crippen LogP contribution < -0.4 is 5.32 Å². The molecule has 2 aromatic carbocycles. The number of anilines is 1. The maximum absolute atomic E-state index is 12.2. The van der Waals surface area contributed by atoms with E-state index in [9.17, 15) is 9.59 Å². The number of allylic oxidation sites excluding steroid dienone is 3. The summed E-state index contributed by atoms with van der Waals surface area (Å²) < 4.78 is 0. The van der Waals surface area contributed by atoms with Gasteiger partial charge in [-0.25, -0.2) is 4.79 Å². The fourth-order valence-corrected chi connectivity index (χ4v) is 3.20. The van der Waals surface area contributed by atoms with E-state index in [-0.39, 0.29) is 11.5 Å². The largest absolute Gasteiger partial charge is 0.478 e. The van der Waals surface area contributed by atoms with Crippen LogP contribution in [0.2, 0.25) is 0 Å². The second-order valence-corrected chi connectivity index (χ2v) is 6.44. The molecule has 0 aromatic heterocycles. The standard InChI is InChI=1S/C22H21NO3.2C2H6/c1-15(13-18-7-4-6-16-5-2-3-8-20(16)18)14-21(24)23-19-11-9-17(10-12-19)22(25)26;2*1-2/h2-3,5,8-14H,4,6-7H2,1H3,(H,23,24)(H,25,26);2*1-2H3/b15-14-,18-13+;;. The molecular weight excluding hydrogens is 374 g/mol. The summed E-state index contributed by atoms with van der Waals surface area (Å²) in [6.45, 7) is 9.91. The summed E-state index contributed by atoms with van der Waals surface area (Å²) in [6, 6.07) is 14.5. The number of carbonyl (C=O) groups excluding carboxylic acids is 1. The molecule has 0 saturated heterocycles. The molecule has 30 heavy (non-hydrogen) atoms. The van der Waals surface area contributed by atoms with Crippen LogP contribution in [-0.2, 0) is 11.2 Å². The van der Waals surface area contributed by atoms with Crippen LogP contribution in [0.5, 0.6) is 0 Å². The van der Waals surface area contributed by atoms with Crippen molar-refractivity contribution in [2.45, 2.75) is 53.9 Å². The molecule has 1 aliphatic carbocycles. The number of aryl methyl sites for hydroxylation is 1. The first-order valence-electron chi connectivity index (χ1n) is 10.6. The predicted molar refractivity (Wildman–Crippen MR) is 126 cm³/mol. The van der Waals surface area contributed by atoms with Crippen molar-refractivity contribution in [2.75, 3.05) is 5.32 Å². The Bertz CT molecular complexity index is 893. The number of carboxylic acids is 1. The Morgan fingerprint density at radius 3 is 2.20 bits per heavy atom. The third-order valence-electron chi connectivity index (χ3n) is 4.42. The molecule has 1 amide bonds. The zero-order chi connectivity index (χ0) is 22.5. The first-order chi connectivity index (χ1) is 14.5. The predicted octanol–water partition coefficient (Wildman–Crippen LogP) is 6.74. The van der Waals surface area contributed by atoms with E-state index in [1.54, 1.807) is 18.2 Å². The van der Waals surface area contributed by atoms with Crippen molar-refractivity contribution in [1.29, 1.82) is 0 Å². The van der Waals surface area contributed by atoms with Crippen LogP contribution in [0.15, 0.2) is 66.3 Å². The maximum Gasteiger partial charge on any atom is 0.335 e. The van der Waals surface area contributed by atoms with Crippen molar-refractivity contribution < 1.29 is 14.7 Å². The van der Waals surface area contributed by atoms with Gasteiger partial charge in [-0.1, -0.05) is 58.0 Å². The number of benzene rings is 2. The Kier molecular flexibility index (Phi) is 10.9. The summed E-state index contributed by atoms with van der Waals surface area (Å²) >= 11 is 0. The maximum atomic E-state index is 12.2. The molecule has 4 heteroatoms. The van der Waals surface area contributed by atoms with Crippen molar-refractivity contribution >= 4 is 23.1 Å². The number of nitrogens with one attached hydrogen (secondary N) is 1. The van der Waals surface area contributed by atoms with Gasteiger partial charge in [0, 0.05) is 11.8 Å². The summed E-state index contributed by atoms with van der Waals surface area (Å²) in [5.41, 5.74) is 5.54. The minimum Gasteiger partial charge on any atom is -0.478 e. The topological polar surface area (TPSA) is 66.4 Å². The molecule has 0 unspecified atom stereocenters. The Labute approximate surface area is 180 Å². The molecule has 4 nitrogen and oxygen atoms in total. The van der Waals surface area contributed by atoms with E-state index < -0.39 is 5.97 Å². The first-order valence-corrected chi connectivity index (χ1v) is 10.6. The van der Waals surface area contributed by atoms with Gasteiger partial charge in [-0.2, -0.15) is 0 Å². The zero-order valence-electron chi connectivity index (χ0n) is 18.7. The Morgan fingerprint density at radius 2 is 1.57 bits per heavy atom. The van der Waals surface area contributed by atoms with Crippen LogP contribution >= 0.6 is 0 Å². The number of carboxylic acid groups (broad SMARTS) is 1. The summed E-state index contributed by atoms with van der Waals surface area (Å²) in [4.78, 5) is 23.0. The SMILES string of the molecule is CC.CC.CC(=C/C(=O)Nc1ccc(C(=O)O)cc1)/C=C1\CCCc2ccccc21. The van der Waals surface area contributed by atoms with Crippen LogP contribution in [0.4, 0.5) is 5.69 Å². The van der Waals surface area contributed by atoms with E-state index in [0.717, 1.165) is 24.8 Å². The fourth-order valence-electron chi connectivity index (χ4n) is 3.20. The fraction of sp³-hybridized carbons (Fsp3) is 0.308. The number of aromatic carboxylic acids is 1. The quantitative estimate of drug-likeness (QED) is 0.551. The van der Waals surface area contributed by atoms with Gasteiger partial charge in [-0.3, -0.25) is 4.79 Å². The second kappa shape index (κ2) is 13.2. The molecule has 0 fully saturated rings. The van der Waals surface area contributed by atoms with E-state index in [4.69, 9.17) is 5.11 Å². The van der Waals surface area contributed by atoms with E-state index in [0.29, 0.717) is 5.69 Å². The third kappa shape index (κ3) is 7.36. The molecule has 3 rings (SSSR count). The highest BCUT2D eigenvalue weighted by molar-refractivity contribution is 6.00. The zero-order valence-corrected chi connectivity index (χ0v) is 18.7. The van der Waals surface area contributed by atoms with E-state index >= 15 is 0 Å². The molecule has 0 atom stereocenters. The minimum absolute atomic E-state index is 0.190. The number of hydrogen-bond acceptors (Lipinski definition) is 2. The molecule has 0 radical (unpaired) electrons. The van der Waals surface area contributed by atoms with Gasteiger partial charge in [0.1, 0.15) is 0 Å². The molecule has 2 aromatic rings. The summed E-state index contributed by atoms with van der Waals surface area (Å²) in [7, 11) is 0. The van der Waals surface area contributed by atoms with Gasteiger partial charge in [0.05, 0.1) is 5.56 Å². The van der Waals surface area contributed by atoms with Crippen LogP contribution in [0.1, 0.15) is 68.9 Å². The lowest BCUT2D eigenvalue weighted by atomic mass is 9.86. The van der Waals surface area contributed by atoms with Crippen LogP contribution in [0.25, 0.3) is 5.57 Å². The molecule has 0 bridgehead atoms. The summed E-state index contributed by atoms with van der Waals surface area (Å²) in [5.74, 6) is -1.22. The number of fused-ring (bicyclic) bond motifs is 1. The van der Waals surface area contributed by atoms with Crippen LogP contribution in [-0.4, -0.2) is 17.0 Å². The lowest BCUT2D eigenvalue weighted by molar-refractivity contribution is -0.111. The Hall–Kier alpha value is -3.14. The summed E-state index contributed by atoms with van der Waals surface area (Å²) in [5, 5.41) is 11.7. The second-order valence-electron chi connectivity index (χ2n) is 6.44. The third-order valence-corrected chi connectivity index (χ3v) is 4.42. The van der Waals surface area contributed by atoms with Gasteiger partial charge in [0.15, 0.2) is 0 Å².